The third kappa shape index (κ3) is 2.31. The topological polar surface area (TPSA) is 109 Å². The van der Waals surface area contributed by atoms with Crippen LogP contribution in [0.1, 0.15) is 11.7 Å². The molecule has 0 saturated heterocycles. The van der Waals surface area contributed by atoms with E-state index in [4.69, 9.17) is 15.9 Å². The number of furan rings is 1. The van der Waals surface area contributed by atoms with E-state index in [0.29, 0.717) is 29.6 Å². The number of rotatable bonds is 4. The van der Waals surface area contributed by atoms with Crippen LogP contribution in [0.15, 0.2) is 47.3 Å². The molecule has 20 heavy (non-hydrogen) atoms. The minimum atomic E-state index is -0.360. The van der Waals surface area contributed by atoms with Gasteiger partial charge in [0, 0.05) is 25.0 Å². The number of hydrogen-bond donors (Lipinski definition) is 2. The van der Waals surface area contributed by atoms with Crippen molar-refractivity contribution < 1.29 is 4.42 Å². The summed E-state index contributed by atoms with van der Waals surface area (Å²) in [7, 11) is 0. The molecule has 3 rings (SSSR count). The Morgan fingerprint density at radius 3 is 2.85 bits per heavy atom. The maximum absolute atomic E-state index is 5.96. The molecule has 0 amide bonds. The Morgan fingerprint density at radius 2 is 2.20 bits per heavy atom. The lowest BCUT2D eigenvalue weighted by Gasteiger charge is -2.11. The average molecular weight is 270 g/mol. The van der Waals surface area contributed by atoms with Crippen LogP contribution in [0.5, 0.6) is 0 Å². The van der Waals surface area contributed by atoms with E-state index in [-0.39, 0.29) is 6.04 Å². The minimum Gasteiger partial charge on any atom is -0.461 e. The van der Waals surface area contributed by atoms with Gasteiger partial charge < -0.3 is 15.9 Å². The molecule has 7 nitrogen and oxygen atoms in total. The van der Waals surface area contributed by atoms with E-state index >= 15 is 0 Å². The lowest BCUT2D eigenvalue weighted by atomic mass is 10.2. The van der Waals surface area contributed by atoms with Crippen LogP contribution in [0.2, 0.25) is 0 Å². The van der Waals surface area contributed by atoms with Crippen molar-refractivity contribution in [1.82, 2.24) is 19.7 Å². The first-order chi connectivity index (χ1) is 9.78. The molecule has 0 aliphatic rings. The van der Waals surface area contributed by atoms with Gasteiger partial charge >= 0.3 is 0 Å². The second-order valence-electron chi connectivity index (χ2n) is 4.24. The lowest BCUT2D eigenvalue weighted by molar-refractivity contribution is 0.575. The quantitative estimate of drug-likeness (QED) is 0.728. The summed E-state index contributed by atoms with van der Waals surface area (Å²) < 4.78 is 6.97. The van der Waals surface area contributed by atoms with E-state index in [1.54, 1.807) is 41.5 Å². The van der Waals surface area contributed by atoms with Crippen molar-refractivity contribution in [1.29, 1.82) is 0 Å². The first-order valence-corrected chi connectivity index (χ1v) is 6.16. The summed E-state index contributed by atoms with van der Waals surface area (Å²) in [6, 6.07) is 6.80. The monoisotopic (exact) mass is 270 g/mol. The molecule has 7 heteroatoms. The smallest absolute Gasteiger partial charge is 0.197 e. The van der Waals surface area contributed by atoms with Crippen molar-refractivity contribution in [2.45, 2.75) is 6.04 Å². The van der Waals surface area contributed by atoms with Crippen LogP contribution in [0.25, 0.3) is 17.4 Å². The van der Waals surface area contributed by atoms with Gasteiger partial charge in [0.15, 0.2) is 17.4 Å². The van der Waals surface area contributed by atoms with Crippen LogP contribution in [0.4, 0.5) is 0 Å². The summed E-state index contributed by atoms with van der Waals surface area (Å²) in [5, 5.41) is 4.16. The first-order valence-electron chi connectivity index (χ1n) is 6.16. The van der Waals surface area contributed by atoms with E-state index in [9.17, 15) is 0 Å². The van der Waals surface area contributed by atoms with Crippen LogP contribution >= 0.6 is 0 Å². The zero-order valence-corrected chi connectivity index (χ0v) is 10.7. The molecule has 3 heterocycles. The maximum Gasteiger partial charge on any atom is 0.197 e. The highest BCUT2D eigenvalue weighted by Gasteiger charge is 2.14. The molecule has 3 aromatic rings. The zero-order chi connectivity index (χ0) is 13.9. The van der Waals surface area contributed by atoms with Crippen molar-refractivity contribution in [2.24, 2.45) is 11.5 Å². The summed E-state index contributed by atoms with van der Waals surface area (Å²) >= 11 is 0. The van der Waals surface area contributed by atoms with E-state index in [1.807, 2.05) is 6.07 Å². The Labute approximate surface area is 115 Å². The average Bonchev–Trinajstić information content (AvgIpc) is 3.18. The van der Waals surface area contributed by atoms with Gasteiger partial charge in [0.1, 0.15) is 0 Å². The van der Waals surface area contributed by atoms with E-state index in [2.05, 4.69) is 15.1 Å². The molecule has 3 aromatic heterocycles. The maximum atomic E-state index is 5.96. The van der Waals surface area contributed by atoms with Crippen LogP contribution in [-0.2, 0) is 0 Å². The Hall–Kier alpha value is -2.51. The van der Waals surface area contributed by atoms with Gasteiger partial charge in [-0.1, -0.05) is 0 Å². The van der Waals surface area contributed by atoms with E-state index in [0.717, 1.165) is 0 Å². The summed E-state index contributed by atoms with van der Waals surface area (Å²) in [5.41, 5.74) is 12.2. The van der Waals surface area contributed by atoms with Crippen LogP contribution in [-0.4, -0.2) is 26.3 Å². The summed E-state index contributed by atoms with van der Waals surface area (Å²) in [4.78, 5) is 8.84. The summed E-state index contributed by atoms with van der Waals surface area (Å²) in [6.45, 7) is 0.299. The molecule has 0 saturated carbocycles. The SMILES string of the molecule is NCC(N)c1cc(-n2cccn2)nc(-c2ccco2)n1. The van der Waals surface area contributed by atoms with E-state index in [1.165, 1.54) is 0 Å². The summed E-state index contributed by atoms with van der Waals surface area (Å²) in [5.74, 6) is 1.65. The number of hydrogen-bond acceptors (Lipinski definition) is 6. The van der Waals surface area contributed by atoms with Gasteiger partial charge in [-0.2, -0.15) is 5.10 Å². The third-order valence-electron chi connectivity index (χ3n) is 2.85. The molecule has 0 spiro atoms. The van der Waals surface area contributed by atoms with E-state index < -0.39 is 0 Å². The second kappa shape index (κ2) is 5.24. The Kier molecular flexibility index (Phi) is 3.28. The predicted molar refractivity (Wildman–Crippen MR) is 72.8 cm³/mol. The van der Waals surface area contributed by atoms with Gasteiger partial charge in [0.25, 0.3) is 0 Å². The zero-order valence-electron chi connectivity index (χ0n) is 10.7. The fourth-order valence-corrected chi connectivity index (χ4v) is 1.80. The molecule has 0 bridgehead atoms. The highest BCUT2D eigenvalue weighted by molar-refractivity contribution is 5.48. The first kappa shape index (κ1) is 12.5. The van der Waals surface area contributed by atoms with Gasteiger partial charge in [-0.15, -0.1) is 0 Å². The molecule has 0 aromatic carbocycles. The predicted octanol–water partition coefficient (Wildman–Crippen LogP) is 0.881. The van der Waals surface area contributed by atoms with Crippen LogP contribution in [0.3, 0.4) is 0 Å². The lowest BCUT2D eigenvalue weighted by Crippen LogP contribution is -2.22. The Morgan fingerprint density at radius 1 is 1.30 bits per heavy atom. The molecule has 1 unspecified atom stereocenters. The van der Waals surface area contributed by atoms with Crippen molar-refractivity contribution in [3.05, 3.63) is 48.6 Å². The molecule has 0 aliphatic carbocycles. The minimum absolute atomic E-state index is 0.299. The van der Waals surface area contributed by atoms with Crippen molar-refractivity contribution >= 4 is 0 Å². The standard InChI is InChI=1S/C13H14N6O/c14-8-9(15)10-7-12(19-5-2-4-16-19)18-13(17-10)11-3-1-6-20-11/h1-7,9H,8,14-15H2. The summed E-state index contributed by atoms with van der Waals surface area (Å²) in [6.07, 6.45) is 5.05. The van der Waals surface area contributed by atoms with Crippen LogP contribution < -0.4 is 11.5 Å². The molecule has 0 radical (unpaired) electrons. The number of aromatic nitrogens is 4. The highest BCUT2D eigenvalue weighted by Crippen LogP contribution is 2.19. The van der Waals surface area contributed by atoms with Crippen molar-refractivity contribution in [3.63, 3.8) is 0 Å². The molecule has 0 fully saturated rings. The molecule has 1 atom stereocenters. The van der Waals surface area contributed by atoms with Gasteiger partial charge in [0.05, 0.1) is 18.0 Å². The number of nitrogens with zero attached hydrogens (tertiary/aromatic N) is 4. The van der Waals surface area contributed by atoms with Gasteiger partial charge in [0.2, 0.25) is 0 Å². The van der Waals surface area contributed by atoms with Gasteiger partial charge in [-0.05, 0) is 18.2 Å². The Bertz CT molecular complexity index is 624. The normalized spacial score (nSPS) is 12.5. The fourth-order valence-electron chi connectivity index (χ4n) is 1.80. The van der Waals surface area contributed by atoms with Crippen molar-refractivity contribution in [3.8, 4) is 17.4 Å². The van der Waals surface area contributed by atoms with Gasteiger partial charge in [-0.3, -0.25) is 0 Å². The second-order valence-corrected chi connectivity index (χ2v) is 4.24. The molecular formula is C13H14N6O. The molecule has 4 N–H and O–H groups in total. The molecular weight excluding hydrogens is 256 g/mol. The fraction of sp³-hybridized carbons (Fsp3) is 0.154. The Balaban J connectivity index is 2.13. The molecule has 102 valence electrons. The van der Waals surface area contributed by atoms with Crippen molar-refractivity contribution in [2.75, 3.05) is 6.54 Å². The van der Waals surface area contributed by atoms with Crippen LogP contribution in [0, 0.1) is 0 Å². The third-order valence-corrected chi connectivity index (χ3v) is 2.85. The number of nitrogens with two attached hydrogens (primary N) is 2. The largest absolute Gasteiger partial charge is 0.461 e. The highest BCUT2D eigenvalue weighted by atomic mass is 16.3. The molecule has 0 aliphatic heterocycles. The van der Waals surface area contributed by atoms with Gasteiger partial charge in [-0.25, -0.2) is 14.6 Å².